The van der Waals surface area contributed by atoms with Gasteiger partial charge in [0, 0.05) is 30.0 Å². The molecule has 1 heterocycles. The van der Waals surface area contributed by atoms with Crippen LogP contribution in [0, 0.1) is 0 Å². The van der Waals surface area contributed by atoms with Crippen molar-refractivity contribution in [3.63, 3.8) is 0 Å². The van der Waals surface area contributed by atoms with Gasteiger partial charge in [-0.2, -0.15) is 0 Å². The van der Waals surface area contributed by atoms with Crippen molar-refractivity contribution in [2.45, 2.75) is 6.61 Å². The monoisotopic (exact) mass is 347 g/mol. The number of rotatable bonds is 7. The summed E-state index contributed by atoms with van der Waals surface area (Å²) < 4.78 is 16.6. The fourth-order valence-corrected chi connectivity index (χ4v) is 3.03. The van der Waals surface area contributed by atoms with E-state index in [-0.39, 0.29) is 0 Å². The summed E-state index contributed by atoms with van der Waals surface area (Å²) in [5, 5.41) is 2.35. The van der Waals surface area contributed by atoms with Crippen LogP contribution in [-0.4, -0.2) is 25.3 Å². The molecule has 1 N–H and O–H groups in total. The molecule has 0 aliphatic carbocycles. The molecule has 0 atom stereocenters. The zero-order valence-corrected chi connectivity index (χ0v) is 14.7. The van der Waals surface area contributed by atoms with Gasteiger partial charge in [-0.05, 0) is 29.8 Å². The van der Waals surface area contributed by atoms with Crippen molar-refractivity contribution < 1.29 is 14.2 Å². The molecule has 0 aliphatic rings. The Morgan fingerprint density at radius 1 is 0.731 bits per heavy atom. The number of nitrogens with one attached hydrogen (secondary N) is 1. The summed E-state index contributed by atoms with van der Waals surface area (Å²) in [5.41, 5.74) is 3.26. The fraction of sp³-hybridized carbons (Fsp3) is 0.182. The van der Waals surface area contributed by atoms with Crippen molar-refractivity contribution in [2.75, 3.05) is 20.3 Å². The van der Waals surface area contributed by atoms with Crippen molar-refractivity contribution in [3.05, 3.63) is 72.3 Å². The highest BCUT2D eigenvalue weighted by Crippen LogP contribution is 2.30. The number of aromatic amines is 1. The second kappa shape index (κ2) is 7.50. The van der Waals surface area contributed by atoms with Crippen molar-refractivity contribution in [2.24, 2.45) is 0 Å². The minimum atomic E-state index is 0.541. The van der Waals surface area contributed by atoms with Gasteiger partial charge in [-0.15, -0.1) is 0 Å². The van der Waals surface area contributed by atoms with Crippen LogP contribution < -0.4 is 9.47 Å². The molecule has 4 aromatic rings. The van der Waals surface area contributed by atoms with E-state index in [0.717, 1.165) is 28.1 Å². The molecule has 4 nitrogen and oxygen atoms in total. The number of H-pyrrole nitrogens is 1. The number of aromatic nitrogens is 1. The minimum Gasteiger partial charge on any atom is -0.491 e. The third kappa shape index (κ3) is 3.51. The highest BCUT2D eigenvalue weighted by Gasteiger charge is 2.07. The average Bonchev–Trinajstić information content (AvgIpc) is 3.04. The van der Waals surface area contributed by atoms with Gasteiger partial charge in [0.05, 0.1) is 17.6 Å². The Balaban J connectivity index is 1.56. The third-order valence-electron chi connectivity index (χ3n) is 4.35. The second-order valence-corrected chi connectivity index (χ2v) is 6.16. The first-order valence-corrected chi connectivity index (χ1v) is 8.67. The molecule has 0 bridgehead atoms. The Labute approximate surface area is 152 Å². The topological polar surface area (TPSA) is 43.5 Å². The van der Waals surface area contributed by atoms with Crippen molar-refractivity contribution >= 4 is 21.8 Å². The van der Waals surface area contributed by atoms with Crippen LogP contribution in [0.15, 0.2) is 66.7 Å². The summed E-state index contributed by atoms with van der Waals surface area (Å²) in [6, 6.07) is 22.4. The van der Waals surface area contributed by atoms with Crippen LogP contribution in [0.3, 0.4) is 0 Å². The molecule has 0 fully saturated rings. The molecule has 26 heavy (non-hydrogen) atoms. The van der Waals surface area contributed by atoms with Crippen LogP contribution in [0.2, 0.25) is 0 Å². The average molecular weight is 347 g/mol. The SMILES string of the molecule is COCCOc1ccc2c(c1)[nH]c1cc(OCc3ccccc3)ccc12. The smallest absolute Gasteiger partial charge is 0.121 e. The molecule has 0 saturated carbocycles. The first-order valence-electron chi connectivity index (χ1n) is 8.67. The van der Waals surface area contributed by atoms with E-state index < -0.39 is 0 Å². The van der Waals surface area contributed by atoms with E-state index in [9.17, 15) is 0 Å². The van der Waals surface area contributed by atoms with Crippen LogP contribution in [0.1, 0.15) is 5.56 Å². The summed E-state index contributed by atoms with van der Waals surface area (Å²) in [5.74, 6) is 1.69. The largest absolute Gasteiger partial charge is 0.491 e. The zero-order chi connectivity index (χ0) is 17.8. The van der Waals surface area contributed by atoms with Gasteiger partial charge in [-0.1, -0.05) is 30.3 Å². The first-order chi connectivity index (χ1) is 12.8. The molecule has 0 radical (unpaired) electrons. The molecular formula is C22H21NO3. The Hall–Kier alpha value is -2.98. The zero-order valence-electron chi connectivity index (χ0n) is 14.7. The van der Waals surface area contributed by atoms with E-state index in [1.54, 1.807) is 7.11 Å². The molecule has 0 aliphatic heterocycles. The first kappa shape index (κ1) is 16.5. The number of ether oxygens (including phenoxy) is 3. The molecule has 4 rings (SSSR count). The van der Waals surface area contributed by atoms with Crippen molar-refractivity contribution in [1.29, 1.82) is 0 Å². The van der Waals surface area contributed by atoms with E-state index in [1.165, 1.54) is 10.8 Å². The van der Waals surface area contributed by atoms with Gasteiger partial charge in [0.25, 0.3) is 0 Å². The summed E-state index contributed by atoms with van der Waals surface area (Å²) >= 11 is 0. The second-order valence-electron chi connectivity index (χ2n) is 6.16. The van der Waals surface area contributed by atoms with E-state index in [2.05, 4.69) is 29.2 Å². The van der Waals surface area contributed by atoms with E-state index in [0.29, 0.717) is 19.8 Å². The highest BCUT2D eigenvalue weighted by molar-refractivity contribution is 6.07. The van der Waals surface area contributed by atoms with Crippen LogP contribution >= 0.6 is 0 Å². The lowest BCUT2D eigenvalue weighted by molar-refractivity contribution is 0.146. The quantitative estimate of drug-likeness (QED) is 0.482. The molecule has 4 heteroatoms. The van der Waals surface area contributed by atoms with Crippen LogP contribution in [0.5, 0.6) is 11.5 Å². The Morgan fingerprint density at radius 2 is 1.38 bits per heavy atom. The Kier molecular flexibility index (Phi) is 4.75. The normalized spacial score (nSPS) is 11.1. The maximum Gasteiger partial charge on any atom is 0.121 e. The Morgan fingerprint density at radius 3 is 2.04 bits per heavy atom. The number of methoxy groups -OCH3 is 1. The van der Waals surface area contributed by atoms with Crippen LogP contribution in [0.25, 0.3) is 21.8 Å². The third-order valence-corrected chi connectivity index (χ3v) is 4.35. The van der Waals surface area contributed by atoms with Crippen LogP contribution in [-0.2, 0) is 11.3 Å². The molecule has 0 amide bonds. The van der Waals surface area contributed by atoms with E-state index >= 15 is 0 Å². The lowest BCUT2D eigenvalue weighted by Crippen LogP contribution is -2.03. The van der Waals surface area contributed by atoms with Crippen molar-refractivity contribution in [1.82, 2.24) is 4.98 Å². The summed E-state index contributed by atoms with van der Waals surface area (Å²) in [4.78, 5) is 3.46. The standard InChI is InChI=1S/C22H21NO3/c1-24-11-12-25-17-7-9-19-20-10-8-18(14-22(20)23-21(19)13-17)26-15-16-5-3-2-4-6-16/h2-10,13-14,23H,11-12,15H2,1H3. The van der Waals surface area contributed by atoms with Gasteiger partial charge in [0.15, 0.2) is 0 Å². The fourth-order valence-electron chi connectivity index (χ4n) is 3.03. The van der Waals surface area contributed by atoms with E-state index in [4.69, 9.17) is 14.2 Å². The summed E-state index contributed by atoms with van der Waals surface area (Å²) in [6.45, 7) is 1.68. The van der Waals surface area contributed by atoms with Gasteiger partial charge in [0.2, 0.25) is 0 Å². The van der Waals surface area contributed by atoms with Gasteiger partial charge >= 0.3 is 0 Å². The van der Waals surface area contributed by atoms with Gasteiger partial charge in [0.1, 0.15) is 24.7 Å². The molecular weight excluding hydrogens is 326 g/mol. The van der Waals surface area contributed by atoms with Gasteiger partial charge in [-0.25, -0.2) is 0 Å². The number of benzene rings is 3. The number of fused-ring (bicyclic) bond motifs is 3. The molecule has 0 saturated heterocycles. The lowest BCUT2D eigenvalue weighted by atomic mass is 10.1. The predicted octanol–water partition coefficient (Wildman–Crippen LogP) is 4.93. The summed E-state index contributed by atoms with van der Waals surface area (Å²) in [6.07, 6.45) is 0. The number of hydrogen-bond acceptors (Lipinski definition) is 3. The van der Waals surface area contributed by atoms with Gasteiger partial charge in [-0.3, -0.25) is 0 Å². The Bertz CT molecular complexity index is 1010. The summed E-state index contributed by atoms with van der Waals surface area (Å²) in [7, 11) is 1.67. The van der Waals surface area contributed by atoms with Gasteiger partial charge < -0.3 is 19.2 Å². The molecule has 3 aromatic carbocycles. The molecule has 132 valence electrons. The predicted molar refractivity (Wildman–Crippen MR) is 104 cm³/mol. The molecule has 0 unspecified atom stereocenters. The maximum atomic E-state index is 5.93. The van der Waals surface area contributed by atoms with Crippen molar-refractivity contribution in [3.8, 4) is 11.5 Å². The van der Waals surface area contributed by atoms with Crippen LogP contribution in [0.4, 0.5) is 0 Å². The number of hydrogen-bond donors (Lipinski definition) is 1. The molecule has 1 aromatic heterocycles. The maximum absolute atomic E-state index is 5.93. The highest BCUT2D eigenvalue weighted by atomic mass is 16.5. The minimum absolute atomic E-state index is 0.541. The van der Waals surface area contributed by atoms with E-state index in [1.807, 2.05) is 42.5 Å². The lowest BCUT2D eigenvalue weighted by Gasteiger charge is -2.06. The molecule has 0 spiro atoms.